The van der Waals surface area contributed by atoms with E-state index >= 15 is 0 Å². The van der Waals surface area contributed by atoms with Gasteiger partial charge >= 0.3 is 0 Å². The van der Waals surface area contributed by atoms with Crippen LogP contribution in [0.1, 0.15) is 52.0 Å². The third kappa shape index (κ3) is 3.39. The second kappa shape index (κ2) is 6.56. The number of likely N-dealkylation sites (tertiary alicyclic amines) is 1. The van der Waals surface area contributed by atoms with Crippen molar-refractivity contribution < 1.29 is 0 Å². The van der Waals surface area contributed by atoms with E-state index in [1.165, 1.54) is 44.3 Å². The number of fused-ring (bicyclic) bond motifs is 1. The van der Waals surface area contributed by atoms with Crippen molar-refractivity contribution >= 4 is 0 Å². The summed E-state index contributed by atoms with van der Waals surface area (Å²) in [5.41, 5.74) is 2.09. The summed E-state index contributed by atoms with van der Waals surface area (Å²) in [5, 5.41) is 0. The number of hydrogen-bond acceptors (Lipinski definition) is 1. The first-order valence-electron chi connectivity index (χ1n) is 8.03. The number of nitrogens with zero attached hydrogens (tertiary/aromatic N) is 1. The summed E-state index contributed by atoms with van der Waals surface area (Å²) in [5.74, 6) is 0.958. The first kappa shape index (κ1) is 14.6. The molecule has 0 amide bonds. The molecule has 0 aromatic heterocycles. The summed E-state index contributed by atoms with van der Waals surface area (Å²) in [4.78, 5) is 2.67. The smallest absolute Gasteiger partial charge is 0.0234 e. The Morgan fingerprint density at radius 3 is 2.58 bits per heavy atom. The highest BCUT2D eigenvalue weighted by Crippen LogP contribution is 2.46. The summed E-state index contributed by atoms with van der Waals surface area (Å²) < 4.78 is 0. The van der Waals surface area contributed by atoms with Crippen molar-refractivity contribution in [2.24, 2.45) is 11.3 Å². The molecule has 2 unspecified atom stereocenters. The van der Waals surface area contributed by atoms with E-state index in [9.17, 15) is 0 Å². The van der Waals surface area contributed by atoms with Gasteiger partial charge in [-0.1, -0.05) is 63.9 Å². The Kier molecular flexibility index (Phi) is 5.04. The van der Waals surface area contributed by atoms with Gasteiger partial charge in [0.25, 0.3) is 0 Å². The summed E-state index contributed by atoms with van der Waals surface area (Å²) in [6.45, 7) is 10.3. The molecule has 2 aliphatic rings. The standard InChI is InChI=1S/C16H23N.C2H6/c1-16-10-6-5-9-15(16)12-17(13-16)11-14-7-3-2-4-8-14;1-2/h2-4,7-8,15H,5-6,9-13H2,1H3;1-2H3. The zero-order valence-electron chi connectivity index (χ0n) is 12.9. The lowest BCUT2D eigenvalue weighted by molar-refractivity contribution is 0.170. The van der Waals surface area contributed by atoms with Gasteiger partial charge in [0, 0.05) is 19.6 Å². The molecule has 0 bridgehead atoms. The Morgan fingerprint density at radius 2 is 1.89 bits per heavy atom. The Bertz CT molecular complexity index is 373. The summed E-state index contributed by atoms with van der Waals surface area (Å²) >= 11 is 0. The third-order valence-corrected chi connectivity index (χ3v) is 4.85. The molecule has 1 nitrogen and oxygen atoms in total. The van der Waals surface area contributed by atoms with Crippen LogP contribution in [0.25, 0.3) is 0 Å². The van der Waals surface area contributed by atoms with Crippen LogP contribution >= 0.6 is 0 Å². The van der Waals surface area contributed by atoms with Crippen molar-refractivity contribution in [3.8, 4) is 0 Å². The van der Waals surface area contributed by atoms with Gasteiger partial charge in [-0.15, -0.1) is 0 Å². The molecule has 19 heavy (non-hydrogen) atoms. The van der Waals surface area contributed by atoms with Crippen LogP contribution in [0, 0.1) is 11.3 Å². The van der Waals surface area contributed by atoms with Crippen LogP contribution in [0.3, 0.4) is 0 Å². The van der Waals surface area contributed by atoms with Gasteiger partial charge in [-0.2, -0.15) is 0 Å². The second-order valence-electron chi connectivity index (χ2n) is 6.25. The maximum atomic E-state index is 2.67. The lowest BCUT2D eigenvalue weighted by Crippen LogP contribution is -2.29. The summed E-state index contributed by atoms with van der Waals surface area (Å²) in [7, 11) is 0. The van der Waals surface area contributed by atoms with E-state index in [1.807, 2.05) is 13.8 Å². The van der Waals surface area contributed by atoms with Crippen molar-refractivity contribution in [3.05, 3.63) is 35.9 Å². The number of benzene rings is 1. The Hall–Kier alpha value is -0.820. The summed E-state index contributed by atoms with van der Waals surface area (Å²) in [6.07, 6.45) is 5.82. The van der Waals surface area contributed by atoms with E-state index in [0.29, 0.717) is 5.41 Å². The molecule has 1 heteroatoms. The van der Waals surface area contributed by atoms with Gasteiger partial charge in [0.1, 0.15) is 0 Å². The monoisotopic (exact) mass is 259 g/mol. The molecule has 3 rings (SSSR count). The van der Waals surface area contributed by atoms with Crippen LogP contribution in [-0.2, 0) is 6.54 Å². The highest BCUT2D eigenvalue weighted by Gasteiger charge is 2.43. The fraction of sp³-hybridized carbons (Fsp3) is 0.667. The Balaban J connectivity index is 0.000000637. The largest absolute Gasteiger partial charge is 0.298 e. The van der Waals surface area contributed by atoms with Gasteiger partial charge in [-0.05, 0) is 29.7 Å². The van der Waals surface area contributed by atoms with E-state index in [2.05, 4.69) is 42.2 Å². The quantitative estimate of drug-likeness (QED) is 0.742. The van der Waals surface area contributed by atoms with Crippen LogP contribution in [0.4, 0.5) is 0 Å². The van der Waals surface area contributed by atoms with E-state index in [4.69, 9.17) is 0 Å². The minimum absolute atomic E-state index is 0.618. The lowest BCUT2D eigenvalue weighted by Gasteiger charge is -2.35. The minimum atomic E-state index is 0.618. The van der Waals surface area contributed by atoms with Crippen LogP contribution in [0.2, 0.25) is 0 Å². The molecule has 1 aliphatic heterocycles. The molecule has 106 valence electrons. The molecule has 1 saturated carbocycles. The lowest BCUT2D eigenvalue weighted by atomic mass is 9.70. The molecule has 1 saturated heterocycles. The molecule has 1 aromatic carbocycles. The minimum Gasteiger partial charge on any atom is -0.298 e. The number of rotatable bonds is 2. The van der Waals surface area contributed by atoms with E-state index in [0.717, 1.165) is 12.5 Å². The van der Waals surface area contributed by atoms with Crippen LogP contribution in [0.15, 0.2) is 30.3 Å². The normalized spacial score (nSPS) is 30.4. The molecular weight excluding hydrogens is 230 g/mol. The molecule has 1 aliphatic carbocycles. The highest BCUT2D eigenvalue weighted by atomic mass is 15.2. The molecular formula is C18H29N. The molecule has 0 spiro atoms. The number of hydrogen-bond donors (Lipinski definition) is 0. The van der Waals surface area contributed by atoms with Crippen molar-refractivity contribution in [2.45, 2.75) is 53.0 Å². The fourth-order valence-electron chi connectivity index (χ4n) is 3.84. The molecule has 2 atom stereocenters. The molecule has 1 heterocycles. The summed E-state index contributed by atoms with van der Waals surface area (Å²) in [6, 6.07) is 10.9. The second-order valence-corrected chi connectivity index (χ2v) is 6.25. The van der Waals surface area contributed by atoms with Crippen molar-refractivity contribution in [1.29, 1.82) is 0 Å². The van der Waals surface area contributed by atoms with E-state index in [1.54, 1.807) is 0 Å². The zero-order valence-corrected chi connectivity index (χ0v) is 12.9. The topological polar surface area (TPSA) is 3.24 Å². The molecule has 2 fully saturated rings. The molecule has 1 aromatic rings. The zero-order chi connectivity index (χ0) is 13.7. The third-order valence-electron chi connectivity index (χ3n) is 4.85. The van der Waals surface area contributed by atoms with Crippen LogP contribution in [-0.4, -0.2) is 18.0 Å². The van der Waals surface area contributed by atoms with Gasteiger partial charge in [0.15, 0.2) is 0 Å². The van der Waals surface area contributed by atoms with E-state index in [-0.39, 0.29) is 0 Å². The van der Waals surface area contributed by atoms with Gasteiger partial charge in [-0.25, -0.2) is 0 Å². The predicted molar refractivity (Wildman–Crippen MR) is 83.1 cm³/mol. The molecule has 0 N–H and O–H groups in total. The predicted octanol–water partition coefficient (Wildman–Crippen LogP) is 4.72. The first-order chi connectivity index (χ1) is 9.26. The van der Waals surface area contributed by atoms with Crippen molar-refractivity contribution in [1.82, 2.24) is 4.90 Å². The first-order valence-corrected chi connectivity index (χ1v) is 8.03. The van der Waals surface area contributed by atoms with Crippen LogP contribution < -0.4 is 0 Å². The maximum absolute atomic E-state index is 2.67. The van der Waals surface area contributed by atoms with Crippen LogP contribution in [0.5, 0.6) is 0 Å². The van der Waals surface area contributed by atoms with Gasteiger partial charge in [0.05, 0.1) is 0 Å². The average molecular weight is 259 g/mol. The Morgan fingerprint density at radius 1 is 1.16 bits per heavy atom. The SMILES string of the molecule is CC.CC12CCCCC1CN(Cc1ccccc1)C2. The average Bonchev–Trinajstić information content (AvgIpc) is 2.78. The van der Waals surface area contributed by atoms with Gasteiger partial charge in [0.2, 0.25) is 0 Å². The van der Waals surface area contributed by atoms with Crippen molar-refractivity contribution in [2.75, 3.05) is 13.1 Å². The van der Waals surface area contributed by atoms with Gasteiger partial charge in [-0.3, -0.25) is 4.90 Å². The van der Waals surface area contributed by atoms with E-state index < -0.39 is 0 Å². The molecule has 0 radical (unpaired) electrons. The Labute approximate surface area is 119 Å². The fourth-order valence-corrected chi connectivity index (χ4v) is 3.84. The van der Waals surface area contributed by atoms with Gasteiger partial charge < -0.3 is 0 Å². The van der Waals surface area contributed by atoms with Crippen molar-refractivity contribution in [3.63, 3.8) is 0 Å². The highest BCUT2D eigenvalue weighted by molar-refractivity contribution is 5.15. The maximum Gasteiger partial charge on any atom is 0.0234 e.